The Morgan fingerprint density at radius 3 is 2.54 bits per heavy atom. The molecule has 0 aromatic heterocycles. The second-order valence-electron chi connectivity index (χ2n) is 5.73. The van der Waals surface area contributed by atoms with Crippen LogP contribution in [-0.2, 0) is 4.79 Å². The topological polar surface area (TPSA) is 71.3 Å². The summed E-state index contributed by atoms with van der Waals surface area (Å²) in [5.41, 5.74) is 1.27. The number of rotatable bonds is 7. The fourth-order valence-electron chi connectivity index (χ4n) is 2.18. The van der Waals surface area contributed by atoms with E-state index in [9.17, 15) is 10.1 Å². The molecule has 0 aliphatic rings. The Balaban J connectivity index is 2.21. The van der Waals surface area contributed by atoms with E-state index >= 15 is 0 Å². The second-order valence-corrected chi connectivity index (χ2v) is 5.73. The van der Waals surface area contributed by atoms with Crippen molar-refractivity contribution in [1.82, 2.24) is 0 Å². The molecule has 1 atom stereocenters. The third-order valence-electron chi connectivity index (χ3n) is 3.83. The first-order valence-corrected chi connectivity index (χ1v) is 8.40. The van der Waals surface area contributed by atoms with Gasteiger partial charge in [-0.15, -0.1) is 0 Å². The fourth-order valence-corrected chi connectivity index (χ4v) is 2.18. The van der Waals surface area contributed by atoms with Gasteiger partial charge in [-0.05, 0) is 49.8 Å². The van der Waals surface area contributed by atoms with E-state index in [0.29, 0.717) is 22.7 Å². The number of carbonyl (C=O) groups is 1. The van der Waals surface area contributed by atoms with E-state index in [4.69, 9.17) is 9.47 Å². The van der Waals surface area contributed by atoms with E-state index in [2.05, 4.69) is 5.32 Å². The lowest BCUT2D eigenvalue weighted by molar-refractivity contribution is -0.112. The van der Waals surface area contributed by atoms with E-state index < -0.39 is 5.91 Å². The molecule has 2 rings (SSSR count). The Kier molecular flexibility index (Phi) is 6.81. The van der Waals surface area contributed by atoms with Crippen LogP contribution in [-0.4, -0.2) is 19.1 Å². The highest BCUT2D eigenvalue weighted by Crippen LogP contribution is 2.23. The maximum atomic E-state index is 12.4. The maximum absolute atomic E-state index is 12.4. The summed E-state index contributed by atoms with van der Waals surface area (Å²) in [5.74, 6) is 0.859. The number of hydrogen-bond acceptors (Lipinski definition) is 4. The minimum absolute atomic E-state index is 0.000944. The van der Waals surface area contributed by atoms with Crippen LogP contribution < -0.4 is 14.8 Å². The highest BCUT2D eigenvalue weighted by Gasteiger charge is 2.12. The number of ether oxygens (including phenoxy) is 2. The van der Waals surface area contributed by atoms with Crippen LogP contribution in [0, 0.1) is 11.3 Å². The largest absolute Gasteiger partial charge is 0.497 e. The summed E-state index contributed by atoms with van der Waals surface area (Å²) in [6.45, 7) is 4.01. The number of nitrogens with one attached hydrogen (secondary N) is 1. The first kappa shape index (κ1) is 19.1. The number of methoxy groups -OCH3 is 1. The highest BCUT2D eigenvalue weighted by atomic mass is 16.5. The summed E-state index contributed by atoms with van der Waals surface area (Å²) >= 11 is 0. The molecular formula is C21H22N2O3. The second kappa shape index (κ2) is 9.28. The normalized spacial score (nSPS) is 12.0. The van der Waals surface area contributed by atoms with Crippen LogP contribution in [0.2, 0.25) is 0 Å². The molecule has 0 heterocycles. The Hall–Kier alpha value is -3.26. The van der Waals surface area contributed by atoms with Gasteiger partial charge in [0.15, 0.2) is 0 Å². The van der Waals surface area contributed by atoms with Crippen molar-refractivity contribution in [3.05, 3.63) is 59.7 Å². The molecule has 0 aliphatic carbocycles. The summed E-state index contributed by atoms with van der Waals surface area (Å²) in [5, 5.41) is 12.1. The first-order valence-electron chi connectivity index (χ1n) is 8.40. The van der Waals surface area contributed by atoms with Crippen LogP contribution in [0.3, 0.4) is 0 Å². The maximum Gasteiger partial charge on any atom is 0.266 e. The highest BCUT2D eigenvalue weighted by molar-refractivity contribution is 6.09. The van der Waals surface area contributed by atoms with Gasteiger partial charge in [0.2, 0.25) is 0 Å². The number of benzene rings is 2. The number of nitriles is 1. The van der Waals surface area contributed by atoms with E-state index in [-0.39, 0.29) is 11.7 Å². The average molecular weight is 350 g/mol. The molecule has 2 aromatic rings. The molecule has 0 saturated heterocycles. The van der Waals surface area contributed by atoms with Crippen LogP contribution in [0.1, 0.15) is 25.8 Å². The Labute approximate surface area is 153 Å². The summed E-state index contributed by atoms with van der Waals surface area (Å²) < 4.78 is 10.9. The van der Waals surface area contributed by atoms with E-state index in [1.165, 1.54) is 6.08 Å². The molecule has 0 fully saturated rings. The third kappa shape index (κ3) is 5.12. The quantitative estimate of drug-likeness (QED) is 0.593. The minimum Gasteiger partial charge on any atom is -0.497 e. The lowest BCUT2D eigenvalue weighted by Crippen LogP contribution is -2.14. The van der Waals surface area contributed by atoms with Crippen LogP contribution in [0.15, 0.2) is 54.1 Å². The van der Waals surface area contributed by atoms with Crippen molar-refractivity contribution < 1.29 is 14.3 Å². The van der Waals surface area contributed by atoms with Gasteiger partial charge < -0.3 is 14.8 Å². The van der Waals surface area contributed by atoms with Crippen molar-refractivity contribution in [1.29, 1.82) is 5.26 Å². The summed E-state index contributed by atoms with van der Waals surface area (Å²) in [6.07, 6.45) is 2.45. The molecule has 134 valence electrons. The van der Waals surface area contributed by atoms with Crippen molar-refractivity contribution in [2.45, 2.75) is 26.4 Å². The predicted molar refractivity (Wildman–Crippen MR) is 102 cm³/mol. The summed E-state index contributed by atoms with van der Waals surface area (Å²) in [4.78, 5) is 12.4. The lowest BCUT2D eigenvalue weighted by Gasteiger charge is -2.14. The number of nitrogens with zero attached hydrogens (tertiary/aromatic N) is 1. The molecule has 1 N–H and O–H groups in total. The molecule has 0 bridgehead atoms. The molecule has 0 unspecified atom stereocenters. The first-order chi connectivity index (χ1) is 12.6. The van der Waals surface area contributed by atoms with Crippen LogP contribution in [0.25, 0.3) is 6.08 Å². The Morgan fingerprint density at radius 1 is 1.23 bits per heavy atom. The van der Waals surface area contributed by atoms with E-state index in [0.717, 1.165) is 6.42 Å². The predicted octanol–water partition coefficient (Wildman–Crippen LogP) is 4.42. The molecule has 26 heavy (non-hydrogen) atoms. The van der Waals surface area contributed by atoms with Crippen LogP contribution in [0.5, 0.6) is 11.5 Å². The summed E-state index contributed by atoms with van der Waals surface area (Å²) in [6, 6.07) is 16.2. The molecule has 5 nitrogen and oxygen atoms in total. The van der Waals surface area contributed by atoms with Gasteiger partial charge in [0, 0.05) is 11.3 Å². The van der Waals surface area contributed by atoms with Gasteiger partial charge in [-0.1, -0.05) is 25.1 Å². The molecule has 0 aliphatic heterocycles. The molecule has 0 radical (unpaired) electrons. The zero-order chi connectivity index (χ0) is 18.9. The number of amides is 1. The van der Waals surface area contributed by atoms with Gasteiger partial charge in [-0.25, -0.2) is 0 Å². The van der Waals surface area contributed by atoms with E-state index in [1.807, 2.05) is 44.2 Å². The zero-order valence-electron chi connectivity index (χ0n) is 15.2. The SMILES string of the molecule is CC[C@H](C)Oc1ccccc1/C=C(\C#N)C(=O)Nc1ccc(OC)cc1. The molecule has 1 amide bonds. The molecule has 2 aromatic carbocycles. The average Bonchev–Trinajstić information content (AvgIpc) is 2.67. The third-order valence-corrected chi connectivity index (χ3v) is 3.83. The van der Waals surface area contributed by atoms with Gasteiger partial charge in [-0.2, -0.15) is 5.26 Å². The van der Waals surface area contributed by atoms with Crippen molar-refractivity contribution in [3.8, 4) is 17.6 Å². The Bertz CT molecular complexity index is 820. The van der Waals surface area contributed by atoms with Crippen molar-refractivity contribution in [3.63, 3.8) is 0 Å². The number of para-hydroxylation sites is 1. The van der Waals surface area contributed by atoms with E-state index in [1.54, 1.807) is 31.4 Å². The minimum atomic E-state index is -0.476. The van der Waals surface area contributed by atoms with Crippen LogP contribution in [0.4, 0.5) is 5.69 Å². The van der Waals surface area contributed by atoms with Gasteiger partial charge in [0.1, 0.15) is 23.1 Å². The Morgan fingerprint density at radius 2 is 1.92 bits per heavy atom. The molecule has 0 saturated carbocycles. The fraction of sp³-hybridized carbons (Fsp3) is 0.238. The smallest absolute Gasteiger partial charge is 0.266 e. The van der Waals surface area contributed by atoms with Gasteiger partial charge >= 0.3 is 0 Å². The number of anilines is 1. The molecule has 0 spiro atoms. The zero-order valence-corrected chi connectivity index (χ0v) is 15.2. The lowest BCUT2D eigenvalue weighted by atomic mass is 10.1. The van der Waals surface area contributed by atoms with Crippen molar-refractivity contribution in [2.75, 3.05) is 12.4 Å². The van der Waals surface area contributed by atoms with Crippen molar-refractivity contribution >= 4 is 17.7 Å². The monoisotopic (exact) mass is 350 g/mol. The van der Waals surface area contributed by atoms with Gasteiger partial charge in [-0.3, -0.25) is 4.79 Å². The number of hydrogen-bond donors (Lipinski definition) is 1. The van der Waals surface area contributed by atoms with Gasteiger partial charge in [0.05, 0.1) is 13.2 Å². The summed E-state index contributed by atoms with van der Waals surface area (Å²) in [7, 11) is 1.57. The van der Waals surface area contributed by atoms with Crippen LogP contribution >= 0.6 is 0 Å². The molecule has 5 heteroatoms. The van der Waals surface area contributed by atoms with Gasteiger partial charge in [0.25, 0.3) is 5.91 Å². The number of carbonyl (C=O) groups excluding carboxylic acids is 1. The van der Waals surface area contributed by atoms with Crippen molar-refractivity contribution in [2.24, 2.45) is 0 Å². The molecular weight excluding hydrogens is 328 g/mol. The standard InChI is InChI=1S/C21H22N2O3/c1-4-15(2)26-20-8-6-5-7-16(20)13-17(14-22)21(24)23-18-9-11-19(25-3)12-10-18/h5-13,15H,4H2,1-3H3,(H,23,24)/b17-13+/t15-/m0/s1.